The first-order valence-electron chi connectivity index (χ1n) is 7.04. The van der Waals surface area contributed by atoms with Crippen LogP contribution < -0.4 is 10.3 Å². The van der Waals surface area contributed by atoms with Gasteiger partial charge in [-0.2, -0.15) is 5.10 Å². The van der Waals surface area contributed by atoms with Gasteiger partial charge in [0.1, 0.15) is 0 Å². The first kappa shape index (κ1) is 12.7. The van der Waals surface area contributed by atoms with Gasteiger partial charge >= 0.3 is 0 Å². The Morgan fingerprint density at radius 3 is 2.86 bits per heavy atom. The first-order chi connectivity index (χ1) is 10.9. The van der Waals surface area contributed by atoms with E-state index in [1.54, 1.807) is 0 Å². The maximum absolute atomic E-state index is 5.23. The lowest BCUT2D eigenvalue weighted by Gasteiger charge is -2.05. The van der Waals surface area contributed by atoms with Crippen molar-refractivity contribution < 1.29 is 9.78 Å². The van der Waals surface area contributed by atoms with Crippen LogP contribution in [0, 0.1) is 6.26 Å². The highest BCUT2D eigenvalue weighted by Gasteiger charge is 2.17. The third-order valence-corrected chi connectivity index (χ3v) is 3.62. The SMILES string of the molecule is [C]1=C(C2=NNc3ccccc3C=C2)Cc2ccccc2OO1. The molecule has 4 rings (SSSR count). The van der Waals surface area contributed by atoms with Crippen LogP contribution >= 0.6 is 0 Å². The van der Waals surface area contributed by atoms with E-state index in [4.69, 9.17) is 9.78 Å². The predicted molar refractivity (Wildman–Crippen MR) is 85.1 cm³/mol. The van der Waals surface area contributed by atoms with E-state index in [2.05, 4.69) is 16.8 Å². The first-order valence-corrected chi connectivity index (χ1v) is 7.04. The molecule has 2 heterocycles. The topological polar surface area (TPSA) is 42.9 Å². The molecule has 0 fully saturated rings. The highest BCUT2D eigenvalue weighted by Crippen LogP contribution is 2.26. The number of hydrogen-bond donors (Lipinski definition) is 1. The highest BCUT2D eigenvalue weighted by atomic mass is 17.2. The van der Waals surface area contributed by atoms with Gasteiger partial charge < -0.3 is 0 Å². The fourth-order valence-electron chi connectivity index (χ4n) is 2.46. The Labute approximate surface area is 128 Å². The molecule has 0 spiro atoms. The zero-order valence-electron chi connectivity index (χ0n) is 11.7. The number of hydrogen-bond acceptors (Lipinski definition) is 4. The molecule has 0 unspecified atom stereocenters. The van der Waals surface area contributed by atoms with Crippen molar-refractivity contribution in [2.24, 2.45) is 5.10 Å². The van der Waals surface area contributed by atoms with Crippen molar-refractivity contribution in [2.75, 3.05) is 5.43 Å². The molecular formula is C18H13N2O2. The van der Waals surface area contributed by atoms with Gasteiger partial charge in [-0.15, -0.1) is 0 Å². The molecule has 0 amide bonds. The fraction of sp³-hybridized carbons (Fsp3) is 0.0556. The molecule has 107 valence electrons. The monoisotopic (exact) mass is 289 g/mol. The summed E-state index contributed by atoms with van der Waals surface area (Å²) in [6, 6.07) is 15.8. The second kappa shape index (κ2) is 5.41. The molecule has 0 aliphatic carbocycles. The van der Waals surface area contributed by atoms with Gasteiger partial charge in [-0.05, 0) is 23.8 Å². The molecular weight excluding hydrogens is 276 g/mol. The Bertz CT molecular complexity index is 806. The summed E-state index contributed by atoms with van der Waals surface area (Å²) >= 11 is 0. The number of anilines is 1. The van der Waals surface area contributed by atoms with E-state index in [0.29, 0.717) is 12.2 Å². The molecule has 0 aromatic heterocycles. The van der Waals surface area contributed by atoms with Crippen LogP contribution in [-0.2, 0) is 11.3 Å². The summed E-state index contributed by atoms with van der Waals surface area (Å²) in [5.41, 5.74) is 7.80. The quantitative estimate of drug-likeness (QED) is 0.813. The maximum Gasteiger partial charge on any atom is 0.231 e. The summed E-state index contributed by atoms with van der Waals surface area (Å²) in [4.78, 5) is 10.3. The molecule has 22 heavy (non-hydrogen) atoms. The summed E-state index contributed by atoms with van der Waals surface area (Å²) in [5, 5.41) is 4.45. The molecule has 1 radical (unpaired) electrons. The number of nitrogens with one attached hydrogen (secondary N) is 1. The molecule has 0 bridgehead atoms. The van der Waals surface area contributed by atoms with Crippen molar-refractivity contribution in [3.63, 3.8) is 0 Å². The molecule has 0 saturated carbocycles. The van der Waals surface area contributed by atoms with Crippen molar-refractivity contribution in [1.82, 2.24) is 0 Å². The van der Waals surface area contributed by atoms with Gasteiger partial charge in [-0.3, -0.25) is 15.2 Å². The van der Waals surface area contributed by atoms with E-state index in [9.17, 15) is 0 Å². The molecule has 2 aromatic rings. The van der Waals surface area contributed by atoms with E-state index in [1.165, 1.54) is 0 Å². The number of fused-ring (bicyclic) bond motifs is 2. The second-order valence-corrected chi connectivity index (χ2v) is 5.06. The van der Waals surface area contributed by atoms with Crippen LogP contribution in [0.3, 0.4) is 0 Å². The van der Waals surface area contributed by atoms with Crippen molar-refractivity contribution in [3.05, 3.63) is 77.6 Å². The number of nitrogens with zero attached hydrogens (tertiary/aromatic N) is 1. The van der Waals surface area contributed by atoms with E-state index >= 15 is 0 Å². The van der Waals surface area contributed by atoms with Gasteiger partial charge in [0.05, 0.1) is 11.4 Å². The molecule has 2 aromatic carbocycles. The predicted octanol–water partition coefficient (Wildman–Crippen LogP) is 3.74. The van der Waals surface area contributed by atoms with E-state index in [1.807, 2.05) is 60.7 Å². The summed E-state index contributed by atoms with van der Waals surface area (Å²) < 4.78 is 0. The minimum atomic E-state index is 0.650. The molecule has 4 heteroatoms. The standard InChI is InChI=1S/C18H13N2O2/c1-3-7-16-13(5-1)9-10-17(20-19-16)15-11-14-6-2-4-8-18(14)22-21-12-15/h1-10,19H,11H2. The van der Waals surface area contributed by atoms with E-state index < -0.39 is 0 Å². The van der Waals surface area contributed by atoms with E-state index in [0.717, 1.165) is 28.1 Å². The minimum Gasteiger partial charge on any atom is -0.290 e. The zero-order valence-corrected chi connectivity index (χ0v) is 11.7. The minimum absolute atomic E-state index is 0.650. The van der Waals surface area contributed by atoms with Crippen LogP contribution in [-0.4, -0.2) is 5.71 Å². The van der Waals surface area contributed by atoms with Crippen LogP contribution in [0.2, 0.25) is 0 Å². The van der Waals surface area contributed by atoms with Crippen LogP contribution in [0.1, 0.15) is 11.1 Å². The lowest BCUT2D eigenvalue weighted by molar-refractivity contribution is -0.160. The Kier molecular flexibility index (Phi) is 3.12. The number of para-hydroxylation sites is 2. The van der Waals surface area contributed by atoms with Crippen molar-refractivity contribution in [3.8, 4) is 5.75 Å². The Hall–Kier alpha value is -3.01. The van der Waals surface area contributed by atoms with Crippen molar-refractivity contribution in [2.45, 2.75) is 6.42 Å². The molecule has 2 aliphatic rings. The number of allylic oxidation sites excluding steroid dienone is 2. The van der Waals surface area contributed by atoms with Gasteiger partial charge in [-0.25, -0.2) is 0 Å². The lowest BCUT2D eigenvalue weighted by atomic mass is 10.0. The van der Waals surface area contributed by atoms with Crippen molar-refractivity contribution >= 4 is 17.5 Å². The summed E-state index contributed by atoms with van der Waals surface area (Å²) in [7, 11) is 0. The third-order valence-electron chi connectivity index (χ3n) is 3.62. The van der Waals surface area contributed by atoms with Crippen LogP contribution in [0.4, 0.5) is 5.69 Å². The van der Waals surface area contributed by atoms with Gasteiger partial charge in [0.2, 0.25) is 6.26 Å². The molecule has 4 nitrogen and oxygen atoms in total. The number of hydrazone groups is 1. The summed E-state index contributed by atoms with van der Waals surface area (Å²) in [6.07, 6.45) is 7.46. The van der Waals surface area contributed by atoms with E-state index in [-0.39, 0.29) is 0 Å². The van der Waals surface area contributed by atoms with Crippen LogP contribution in [0.5, 0.6) is 5.75 Å². The lowest BCUT2D eigenvalue weighted by Crippen LogP contribution is -2.05. The average molecular weight is 289 g/mol. The molecule has 2 aliphatic heterocycles. The summed E-state index contributed by atoms with van der Waals surface area (Å²) in [5.74, 6) is 0.708. The van der Waals surface area contributed by atoms with Gasteiger partial charge in [0.15, 0.2) is 5.75 Å². The average Bonchev–Trinajstić information content (AvgIpc) is 2.90. The second-order valence-electron chi connectivity index (χ2n) is 5.06. The van der Waals surface area contributed by atoms with Gasteiger partial charge in [-0.1, -0.05) is 42.5 Å². The zero-order chi connectivity index (χ0) is 14.8. The smallest absolute Gasteiger partial charge is 0.231 e. The van der Waals surface area contributed by atoms with Crippen LogP contribution in [0.25, 0.3) is 6.08 Å². The third kappa shape index (κ3) is 2.35. The Morgan fingerprint density at radius 2 is 1.86 bits per heavy atom. The Morgan fingerprint density at radius 1 is 1.00 bits per heavy atom. The van der Waals surface area contributed by atoms with Crippen molar-refractivity contribution in [1.29, 1.82) is 0 Å². The van der Waals surface area contributed by atoms with Gasteiger partial charge in [0, 0.05) is 17.6 Å². The Balaban J connectivity index is 1.66. The van der Waals surface area contributed by atoms with Crippen LogP contribution in [0.15, 0.2) is 65.3 Å². The number of rotatable bonds is 1. The molecule has 0 saturated heterocycles. The number of benzene rings is 2. The molecule has 0 atom stereocenters. The largest absolute Gasteiger partial charge is 0.290 e. The maximum atomic E-state index is 5.23. The normalized spacial score (nSPS) is 15.6. The molecule has 1 N–H and O–H groups in total. The summed E-state index contributed by atoms with van der Waals surface area (Å²) in [6.45, 7) is 0. The fourth-order valence-corrected chi connectivity index (χ4v) is 2.46. The van der Waals surface area contributed by atoms with Gasteiger partial charge in [0.25, 0.3) is 0 Å². The highest BCUT2D eigenvalue weighted by molar-refractivity contribution is 6.11.